The number of aromatic hydroxyl groups is 2. The van der Waals surface area contributed by atoms with Crippen LogP contribution >= 0.6 is 10.7 Å². The molecule has 110 valence electrons. The molecule has 0 aliphatic carbocycles. The molecule has 0 aromatic heterocycles. The molecule has 6 nitrogen and oxygen atoms in total. The van der Waals surface area contributed by atoms with Crippen LogP contribution in [0, 0.1) is 0 Å². The van der Waals surface area contributed by atoms with Crippen molar-refractivity contribution in [2.24, 2.45) is 0 Å². The smallest absolute Gasteiger partial charge is 0.261 e. The number of phenols is 2. The highest BCUT2D eigenvalue weighted by Crippen LogP contribution is 2.32. The maximum atomic E-state index is 12.0. The Bertz CT molecular complexity index is 784. The topological polar surface area (TPSA) is 104 Å². The molecular formula is C13H10ClNO5S. The Morgan fingerprint density at radius 1 is 1.05 bits per heavy atom. The van der Waals surface area contributed by atoms with Gasteiger partial charge in [0, 0.05) is 16.2 Å². The SMILES string of the molecule is O=C(Nc1c(O)cccc1O)c1cccc(S(=O)(=O)Cl)c1. The molecule has 0 bridgehead atoms. The summed E-state index contributed by atoms with van der Waals surface area (Å²) in [5, 5.41) is 21.5. The molecule has 21 heavy (non-hydrogen) atoms. The zero-order valence-electron chi connectivity index (χ0n) is 10.4. The molecule has 0 aliphatic heterocycles. The van der Waals surface area contributed by atoms with Crippen molar-refractivity contribution in [3.8, 4) is 11.5 Å². The van der Waals surface area contributed by atoms with E-state index in [1.807, 2.05) is 0 Å². The van der Waals surface area contributed by atoms with Crippen molar-refractivity contribution in [2.75, 3.05) is 5.32 Å². The number of nitrogens with one attached hydrogen (secondary N) is 1. The third-order valence-electron chi connectivity index (χ3n) is 2.64. The van der Waals surface area contributed by atoms with Gasteiger partial charge < -0.3 is 15.5 Å². The molecule has 0 unspecified atom stereocenters. The molecule has 8 heteroatoms. The Morgan fingerprint density at radius 2 is 1.62 bits per heavy atom. The predicted octanol–water partition coefficient (Wildman–Crippen LogP) is 2.28. The van der Waals surface area contributed by atoms with Crippen molar-refractivity contribution in [2.45, 2.75) is 4.90 Å². The summed E-state index contributed by atoms with van der Waals surface area (Å²) in [5.41, 5.74) is -0.152. The van der Waals surface area contributed by atoms with Crippen LogP contribution < -0.4 is 5.32 Å². The summed E-state index contributed by atoms with van der Waals surface area (Å²) in [5.74, 6) is -1.33. The van der Waals surface area contributed by atoms with E-state index in [0.29, 0.717) is 0 Å². The Hall–Kier alpha value is -2.25. The summed E-state index contributed by atoms with van der Waals surface area (Å²) in [6.45, 7) is 0. The summed E-state index contributed by atoms with van der Waals surface area (Å²) in [6.07, 6.45) is 0. The van der Waals surface area contributed by atoms with Crippen LogP contribution in [0.1, 0.15) is 10.4 Å². The van der Waals surface area contributed by atoms with Gasteiger partial charge in [-0.2, -0.15) is 0 Å². The van der Waals surface area contributed by atoms with Crippen LogP contribution in [0.25, 0.3) is 0 Å². The second-order valence-electron chi connectivity index (χ2n) is 4.09. The highest BCUT2D eigenvalue weighted by Gasteiger charge is 2.16. The second-order valence-corrected chi connectivity index (χ2v) is 6.66. The number of benzene rings is 2. The first kappa shape index (κ1) is 15.1. The number of para-hydroxylation sites is 1. The lowest BCUT2D eigenvalue weighted by Crippen LogP contribution is -2.12. The maximum Gasteiger partial charge on any atom is 0.261 e. The molecule has 2 aromatic carbocycles. The van der Waals surface area contributed by atoms with E-state index in [-0.39, 0.29) is 27.6 Å². The number of anilines is 1. The molecule has 2 rings (SSSR count). The van der Waals surface area contributed by atoms with Gasteiger partial charge in [-0.15, -0.1) is 0 Å². The third-order valence-corrected chi connectivity index (χ3v) is 3.99. The van der Waals surface area contributed by atoms with E-state index in [1.165, 1.54) is 36.4 Å². The number of amides is 1. The quantitative estimate of drug-likeness (QED) is 0.592. The predicted molar refractivity (Wildman–Crippen MR) is 77.2 cm³/mol. The molecule has 0 saturated carbocycles. The number of phenolic OH excluding ortho intramolecular Hbond substituents is 2. The van der Waals surface area contributed by atoms with E-state index in [4.69, 9.17) is 10.7 Å². The third kappa shape index (κ3) is 3.45. The average Bonchev–Trinajstić information content (AvgIpc) is 2.42. The molecule has 3 N–H and O–H groups in total. The molecule has 1 amide bonds. The van der Waals surface area contributed by atoms with E-state index in [2.05, 4.69) is 5.32 Å². The molecule has 0 radical (unpaired) electrons. The van der Waals surface area contributed by atoms with E-state index >= 15 is 0 Å². The Balaban J connectivity index is 2.34. The number of hydrogen-bond acceptors (Lipinski definition) is 5. The molecule has 0 spiro atoms. The summed E-state index contributed by atoms with van der Waals surface area (Å²) in [7, 11) is 1.25. The monoisotopic (exact) mass is 327 g/mol. The Morgan fingerprint density at radius 3 is 2.19 bits per heavy atom. The highest BCUT2D eigenvalue weighted by molar-refractivity contribution is 8.13. The lowest BCUT2D eigenvalue weighted by Gasteiger charge is -2.09. The van der Waals surface area contributed by atoms with Crippen LogP contribution in [-0.2, 0) is 9.05 Å². The van der Waals surface area contributed by atoms with Gasteiger partial charge in [0.25, 0.3) is 15.0 Å². The summed E-state index contributed by atoms with van der Waals surface area (Å²) in [6, 6.07) is 9.04. The normalized spacial score (nSPS) is 11.1. The van der Waals surface area contributed by atoms with Crippen molar-refractivity contribution in [3.63, 3.8) is 0 Å². The molecule has 0 aliphatic rings. The van der Waals surface area contributed by atoms with Gasteiger partial charge in [0.15, 0.2) is 0 Å². The van der Waals surface area contributed by atoms with Gasteiger partial charge in [0.1, 0.15) is 17.2 Å². The lowest BCUT2D eigenvalue weighted by atomic mass is 10.2. The average molecular weight is 328 g/mol. The van der Waals surface area contributed by atoms with E-state index in [0.717, 1.165) is 6.07 Å². The fourth-order valence-electron chi connectivity index (χ4n) is 1.63. The van der Waals surface area contributed by atoms with Gasteiger partial charge in [-0.3, -0.25) is 4.79 Å². The van der Waals surface area contributed by atoms with E-state index in [1.54, 1.807) is 0 Å². The van der Waals surface area contributed by atoms with Crippen molar-refractivity contribution in [1.29, 1.82) is 0 Å². The maximum absolute atomic E-state index is 12.0. The lowest BCUT2D eigenvalue weighted by molar-refractivity contribution is 0.102. The van der Waals surface area contributed by atoms with Crippen molar-refractivity contribution < 1.29 is 23.4 Å². The summed E-state index contributed by atoms with van der Waals surface area (Å²) < 4.78 is 22.5. The minimum Gasteiger partial charge on any atom is -0.506 e. The van der Waals surface area contributed by atoms with Crippen LogP contribution in [0.4, 0.5) is 5.69 Å². The van der Waals surface area contributed by atoms with Crippen LogP contribution in [0.15, 0.2) is 47.4 Å². The molecule has 0 atom stereocenters. The zero-order valence-corrected chi connectivity index (χ0v) is 12.0. The van der Waals surface area contributed by atoms with Crippen LogP contribution in [-0.4, -0.2) is 24.5 Å². The second kappa shape index (κ2) is 5.63. The van der Waals surface area contributed by atoms with Gasteiger partial charge in [0.2, 0.25) is 0 Å². The number of carbonyl (C=O) groups excluding carboxylic acids is 1. The van der Waals surface area contributed by atoms with Gasteiger partial charge in [0.05, 0.1) is 4.90 Å². The fraction of sp³-hybridized carbons (Fsp3) is 0. The first-order valence-corrected chi connectivity index (χ1v) is 7.97. The van der Waals surface area contributed by atoms with Crippen molar-refractivity contribution >= 4 is 31.3 Å². The minimum absolute atomic E-state index is 0.0133. The van der Waals surface area contributed by atoms with Crippen LogP contribution in [0.5, 0.6) is 11.5 Å². The fourth-order valence-corrected chi connectivity index (χ4v) is 2.43. The van der Waals surface area contributed by atoms with Gasteiger partial charge in [-0.25, -0.2) is 8.42 Å². The van der Waals surface area contributed by atoms with Crippen molar-refractivity contribution in [1.82, 2.24) is 0 Å². The van der Waals surface area contributed by atoms with Crippen LogP contribution in [0.2, 0.25) is 0 Å². The molecule has 0 fully saturated rings. The molecule has 2 aromatic rings. The molecule has 0 heterocycles. The zero-order chi connectivity index (χ0) is 15.6. The van der Waals surface area contributed by atoms with Crippen molar-refractivity contribution in [3.05, 3.63) is 48.0 Å². The van der Waals surface area contributed by atoms with E-state index < -0.39 is 15.0 Å². The Labute approximate surface area is 125 Å². The first-order valence-electron chi connectivity index (χ1n) is 5.66. The number of halogens is 1. The highest BCUT2D eigenvalue weighted by atomic mass is 35.7. The summed E-state index contributed by atoms with van der Waals surface area (Å²) in [4.78, 5) is 11.8. The molecule has 0 saturated heterocycles. The Kier molecular flexibility index (Phi) is 4.06. The van der Waals surface area contributed by atoms with E-state index in [9.17, 15) is 23.4 Å². The molecular weight excluding hydrogens is 318 g/mol. The summed E-state index contributed by atoms with van der Waals surface area (Å²) >= 11 is 0. The minimum atomic E-state index is -3.95. The number of hydrogen-bond donors (Lipinski definition) is 3. The number of carbonyl (C=O) groups is 1. The van der Waals surface area contributed by atoms with Gasteiger partial charge >= 0.3 is 0 Å². The van der Waals surface area contributed by atoms with Gasteiger partial charge in [-0.05, 0) is 30.3 Å². The van der Waals surface area contributed by atoms with Gasteiger partial charge in [-0.1, -0.05) is 12.1 Å². The van der Waals surface area contributed by atoms with Crippen LogP contribution in [0.3, 0.4) is 0 Å². The largest absolute Gasteiger partial charge is 0.506 e. The standard InChI is InChI=1S/C13H10ClNO5S/c14-21(19,20)9-4-1-3-8(7-9)13(18)15-12-10(16)5-2-6-11(12)17/h1-7,16-17H,(H,15,18). The number of rotatable bonds is 3. The first-order chi connectivity index (χ1) is 9.79.